The summed E-state index contributed by atoms with van der Waals surface area (Å²) in [6, 6.07) is 9.24. The summed E-state index contributed by atoms with van der Waals surface area (Å²) in [4.78, 5) is 11.9. The van der Waals surface area contributed by atoms with Gasteiger partial charge in [0, 0.05) is 5.57 Å². The van der Waals surface area contributed by atoms with Gasteiger partial charge in [-0.2, -0.15) is 5.26 Å². The monoisotopic (exact) mass is 284 g/mol. The van der Waals surface area contributed by atoms with Crippen LogP contribution in [0.2, 0.25) is 0 Å². The average molecular weight is 284 g/mol. The molecule has 1 heterocycles. The molecule has 0 unspecified atom stereocenters. The highest BCUT2D eigenvalue weighted by Crippen LogP contribution is 2.39. The van der Waals surface area contributed by atoms with E-state index in [4.69, 9.17) is 15.2 Å². The van der Waals surface area contributed by atoms with Gasteiger partial charge in [-0.25, -0.2) is 0 Å². The number of methoxy groups -OCH3 is 1. The van der Waals surface area contributed by atoms with Crippen LogP contribution in [0, 0.1) is 11.3 Å². The summed E-state index contributed by atoms with van der Waals surface area (Å²) in [5.74, 6) is 0.521. The fraction of sp³-hybridized carbons (Fsp3) is 0.250. The van der Waals surface area contributed by atoms with Gasteiger partial charge in [-0.3, -0.25) is 4.79 Å². The summed E-state index contributed by atoms with van der Waals surface area (Å²) in [6.45, 7) is 3.13. The normalized spacial score (nSPS) is 18.1. The van der Waals surface area contributed by atoms with Crippen LogP contribution in [0.3, 0.4) is 0 Å². The van der Waals surface area contributed by atoms with Crippen LogP contribution in [-0.4, -0.2) is 12.9 Å². The van der Waals surface area contributed by atoms with Crippen LogP contribution in [0.5, 0.6) is 5.75 Å². The first-order chi connectivity index (χ1) is 9.99. The predicted molar refractivity (Wildman–Crippen MR) is 77.0 cm³/mol. The Balaban J connectivity index is 2.59. The van der Waals surface area contributed by atoms with Gasteiger partial charge in [0.05, 0.1) is 13.0 Å². The van der Waals surface area contributed by atoms with Crippen molar-refractivity contribution in [2.24, 2.45) is 5.73 Å². The van der Waals surface area contributed by atoms with E-state index in [1.807, 2.05) is 18.2 Å². The summed E-state index contributed by atoms with van der Waals surface area (Å²) < 4.78 is 10.5. The quantitative estimate of drug-likeness (QED) is 0.921. The Morgan fingerprint density at radius 1 is 1.38 bits per heavy atom. The largest absolute Gasteiger partial charge is 0.497 e. The van der Waals surface area contributed by atoms with Gasteiger partial charge >= 0.3 is 0 Å². The zero-order chi connectivity index (χ0) is 15.6. The summed E-state index contributed by atoms with van der Waals surface area (Å²) in [5, 5.41) is 9.35. The van der Waals surface area contributed by atoms with Gasteiger partial charge in [-0.1, -0.05) is 12.1 Å². The number of nitriles is 1. The van der Waals surface area contributed by atoms with Gasteiger partial charge in [-0.15, -0.1) is 0 Å². The summed E-state index contributed by atoms with van der Waals surface area (Å²) >= 11 is 0. The first-order valence-corrected chi connectivity index (χ1v) is 6.42. The van der Waals surface area contributed by atoms with Crippen molar-refractivity contribution >= 4 is 5.78 Å². The van der Waals surface area contributed by atoms with E-state index in [9.17, 15) is 10.1 Å². The molecule has 1 aromatic rings. The number of nitrogens with two attached hydrogens (primary N) is 1. The SMILES string of the molecule is COc1ccc([C@H]2C(C#N)=C(N)OC(C)=C2C(C)=O)cc1. The zero-order valence-electron chi connectivity index (χ0n) is 12.1. The van der Waals surface area contributed by atoms with E-state index in [-0.39, 0.29) is 17.2 Å². The van der Waals surface area contributed by atoms with Crippen LogP contribution in [-0.2, 0) is 9.53 Å². The van der Waals surface area contributed by atoms with Crippen LogP contribution < -0.4 is 10.5 Å². The number of allylic oxidation sites excluding steroid dienone is 3. The number of benzene rings is 1. The van der Waals surface area contributed by atoms with Crippen LogP contribution >= 0.6 is 0 Å². The Labute approximate surface area is 123 Å². The third-order valence-corrected chi connectivity index (χ3v) is 3.43. The second-order valence-corrected chi connectivity index (χ2v) is 4.72. The maximum Gasteiger partial charge on any atom is 0.205 e. The molecular formula is C16H16N2O3. The van der Waals surface area contributed by atoms with Crippen LogP contribution in [0.15, 0.2) is 47.1 Å². The molecular weight excluding hydrogens is 268 g/mol. The number of carbonyl (C=O) groups is 1. The lowest BCUT2D eigenvalue weighted by molar-refractivity contribution is -0.114. The average Bonchev–Trinajstić information content (AvgIpc) is 2.46. The molecule has 2 N–H and O–H groups in total. The Bertz CT molecular complexity index is 678. The van der Waals surface area contributed by atoms with Crippen LogP contribution in [0.25, 0.3) is 0 Å². The molecule has 1 aromatic carbocycles. The minimum atomic E-state index is -0.507. The molecule has 1 atom stereocenters. The smallest absolute Gasteiger partial charge is 0.205 e. The molecule has 0 fully saturated rings. The zero-order valence-corrected chi connectivity index (χ0v) is 12.1. The van der Waals surface area contributed by atoms with Crippen LogP contribution in [0.1, 0.15) is 25.3 Å². The Kier molecular flexibility index (Phi) is 3.99. The molecule has 0 aromatic heterocycles. The minimum Gasteiger partial charge on any atom is -0.497 e. The van der Waals surface area contributed by atoms with Crippen molar-refractivity contribution in [3.63, 3.8) is 0 Å². The molecule has 0 radical (unpaired) electrons. The van der Waals surface area contributed by atoms with Gasteiger partial charge < -0.3 is 15.2 Å². The molecule has 108 valence electrons. The lowest BCUT2D eigenvalue weighted by Crippen LogP contribution is -2.23. The number of ether oxygens (including phenoxy) is 2. The fourth-order valence-electron chi connectivity index (χ4n) is 2.47. The topological polar surface area (TPSA) is 85.3 Å². The van der Waals surface area contributed by atoms with E-state index < -0.39 is 5.92 Å². The van der Waals surface area contributed by atoms with E-state index in [2.05, 4.69) is 0 Å². The summed E-state index contributed by atoms with van der Waals surface area (Å²) in [6.07, 6.45) is 0. The molecule has 5 nitrogen and oxygen atoms in total. The first-order valence-electron chi connectivity index (χ1n) is 6.42. The third-order valence-electron chi connectivity index (χ3n) is 3.43. The Hall–Kier alpha value is -2.74. The summed E-state index contributed by atoms with van der Waals surface area (Å²) in [7, 11) is 1.58. The molecule has 5 heteroatoms. The van der Waals surface area contributed by atoms with E-state index in [0.29, 0.717) is 17.1 Å². The van der Waals surface area contributed by atoms with Crippen molar-refractivity contribution in [3.8, 4) is 11.8 Å². The lowest BCUT2D eigenvalue weighted by atomic mass is 9.81. The van der Waals surface area contributed by atoms with E-state index >= 15 is 0 Å². The predicted octanol–water partition coefficient (Wildman–Crippen LogP) is 2.37. The summed E-state index contributed by atoms with van der Waals surface area (Å²) in [5.41, 5.74) is 7.28. The molecule has 0 saturated heterocycles. The maximum absolute atomic E-state index is 11.9. The van der Waals surface area contributed by atoms with E-state index in [0.717, 1.165) is 5.56 Å². The third kappa shape index (κ3) is 2.61. The molecule has 1 aliphatic heterocycles. The second-order valence-electron chi connectivity index (χ2n) is 4.72. The minimum absolute atomic E-state index is 0.0424. The number of carbonyl (C=O) groups excluding carboxylic acids is 1. The number of hydrogen-bond donors (Lipinski definition) is 1. The van der Waals surface area contributed by atoms with Gasteiger partial charge in [0.15, 0.2) is 5.78 Å². The number of Topliss-reactive ketones (excluding diaryl/α,β-unsaturated/α-hetero) is 1. The molecule has 1 aliphatic rings. The van der Waals surface area contributed by atoms with Gasteiger partial charge in [0.1, 0.15) is 23.2 Å². The Morgan fingerprint density at radius 3 is 2.48 bits per heavy atom. The molecule has 0 saturated carbocycles. The Morgan fingerprint density at radius 2 is 2.00 bits per heavy atom. The molecule has 2 rings (SSSR count). The van der Waals surface area contributed by atoms with Gasteiger partial charge in [0.25, 0.3) is 0 Å². The maximum atomic E-state index is 11.9. The van der Waals surface area contributed by atoms with Crippen LogP contribution in [0.4, 0.5) is 0 Å². The molecule has 0 amide bonds. The van der Waals surface area contributed by atoms with Crippen molar-refractivity contribution in [2.75, 3.05) is 7.11 Å². The lowest BCUT2D eigenvalue weighted by Gasteiger charge is -2.26. The highest BCUT2D eigenvalue weighted by atomic mass is 16.5. The second kappa shape index (κ2) is 5.71. The molecule has 0 aliphatic carbocycles. The highest BCUT2D eigenvalue weighted by molar-refractivity contribution is 5.96. The van der Waals surface area contributed by atoms with E-state index in [1.165, 1.54) is 6.92 Å². The van der Waals surface area contributed by atoms with Gasteiger partial charge in [-0.05, 0) is 31.5 Å². The molecule has 0 spiro atoms. The molecule has 21 heavy (non-hydrogen) atoms. The van der Waals surface area contributed by atoms with Crippen molar-refractivity contribution in [2.45, 2.75) is 19.8 Å². The number of ketones is 1. The standard InChI is InChI=1S/C16H16N2O3/c1-9(19)14-10(2)21-16(18)13(8-17)15(14)11-4-6-12(20-3)7-5-11/h4-7,15H,18H2,1-3H3/t15-/m0/s1. The van der Waals surface area contributed by atoms with Crippen molar-refractivity contribution in [1.82, 2.24) is 0 Å². The number of rotatable bonds is 3. The van der Waals surface area contributed by atoms with Crippen molar-refractivity contribution in [1.29, 1.82) is 5.26 Å². The number of nitrogens with zero attached hydrogens (tertiary/aromatic N) is 1. The van der Waals surface area contributed by atoms with Gasteiger partial charge in [0.2, 0.25) is 5.88 Å². The first kappa shape index (κ1) is 14.7. The van der Waals surface area contributed by atoms with Crippen molar-refractivity contribution in [3.05, 3.63) is 52.6 Å². The van der Waals surface area contributed by atoms with E-state index in [1.54, 1.807) is 26.2 Å². The fourth-order valence-corrected chi connectivity index (χ4v) is 2.47. The van der Waals surface area contributed by atoms with Crippen molar-refractivity contribution < 1.29 is 14.3 Å². The molecule has 0 bridgehead atoms. The number of hydrogen-bond acceptors (Lipinski definition) is 5. The highest BCUT2D eigenvalue weighted by Gasteiger charge is 2.33.